The van der Waals surface area contributed by atoms with Crippen LogP contribution in [0.1, 0.15) is 16.8 Å². The zero-order valence-corrected chi connectivity index (χ0v) is 11.0. The van der Waals surface area contributed by atoms with E-state index in [-0.39, 0.29) is 5.91 Å². The van der Waals surface area contributed by atoms with E-state index in [1.54, 1.807) is 23.2 Å². The van der Waals surface area contributed by atoms with Crippen molar-refractivity contribution in [2.75, 3.05) is 0 Å². The highest BCUT2D eigenvalue weighted by atomic mass is 35.5. The fraction of sp³-hybridized carbons (Fsp3) is 0.214. The van der Waals surface area contributed by atoms with Crippen molar-refractivity contribution in [1.82, 2.24) is 14.9 Å². The molecule has 96 valence electrons. The second kappa shape index (κ2) is 4.97. The van der Waals surface area contributed by atoms with E-state index in [9.17, 15) is 4.79 Å². The van der Waals surface area contributed by atoms with Crippen molar-refractivity contribution in [1.29, 1.82) is 0 Å². The molecule has 0 spiro atoms. The minimum absolute atomic E-state index is 0.0975. The Hall–Kier alpha value is -1.94. The molecule has 0 unspecified atom stereocenters. The van der Waals surface area contributed by atoms with E-state index in [2.05, 4.69) is 9.97 Å². The highest BCUT2D eigenvalue weighted by Crippen LogP contribution is 2.20. The van der Waals surface area contributed by atoms with E-state index >= 15 is 0 Å². The second-order valence-corrected chi connectivity index (χ2v) is 4.98. The number of aromatic nitrogens is 2. The number of fused-ring (bicyclic) bond motifs is 1. The van der Waals surface area contributed by atoms with Crippen LogP contribution < -0.4 is 0 Å². The van der Waals surface area contributed by atoms with Crippen molar-refractivity contribution in [3.63, 3.8) is 0 Å². The van der Waals surface area contributed by atoms with Crippen LogP contribution in [0, 0.1) is 0 Å². The van der Waals surface area contributed by atoms with Crippen molar-refractivity contribution >= 4 is 17.5 Å². The van der Waals surface area contributed by atoms with Crippen molar-refractivity contribution in [3.05, 3.63) is 58.6 Å². The van der Waals surface area contributed by atoms with Gasteiger partial charge in [0, 0.05) is 23.3 Å². The summed E-state index contributed by atoms with van der Waals surface area (Å²) in [6.07, 6.45) is 3.68. The number of rotatable bonds is 2. The molecule has 0 radical (unpaired) electrons. The lowest BCUT2D eigenvalue weighted by Crippen LogP contribution is -2.26. The Morgan fingerprint density at radius 3 is 2.79 bits per heavy atom. The fourth-order valence-electron chi connectivity index (χ4n) is 2.17. The van der Waals surface area contributed by atoms with Crippen molar-refractivity contribution in [3.8, 4) is 0 Å². The largest absolute Gasteiger partial charge is 0.332 e. The first-order chi connectivity index (χ1) is 9.22. The SMILES string of the molecule is O=C(Cc1ccc(Cl)cc1)N1Cc2cncnc2C1. The van der Waals surface area contributed by atoms with E-state index in [0.717, 1.165) is 16.8 Å². The standard InChI is InChI=1S/C14H12ClN3O/c15-12-3-1-10(2-4-12)5-14(19)18-7-11-6-16-9-17-13(11)8-18/h1-4,6,9H,5,7-8H2. The van der Waals surface area contributed by atoms with Gasteiger partial charge in [-0.15, -0.1) is 0 Å². The highest BCUT2D eigenvalue weighted by molar-refractivity contribution is 6.30. The van der Waals surface area contributed by atoms with Crippen LogP contribution in [0.25, 0.3) is 0 Å². The quantitative estimate of drug-likeness (QED) is 0.843. The van der Waals surface area contributed by atoms with Crippen LogP contribution in [-0.4, -0.2) is 20.8 Å². The maximum atomic E-state index is 12.2. The molecule has 0 saturated heterocycles. The maximum Gasteiger partial charge on any atom is 0.227 e. The number of amides is 1. The highest BCUT2D eigenvalue weighted by Gasteiger charge is 2.24. The van der Waals surface area contributed by atoms with Crippen LogP contribution >= 0.6 is 11.6 Å². The van der Waals surface area contributed by atoms with Gasteiger partial charge in [-0.2, -0.15) is 0 Å². The van der Waals surface area contributed by atoms with Gasteiger partial charge in [-0.1, -0.05) is 23.7 Å². The summed E-state index contributed by atoms with van der Waals surface area (Å²) in [7, 11) is 0. The number of carbonyl (C=O) groups excluding carboxylic acids is 1. The van der Waals surface area contributed by atoms with Gasteiger partial charge in [0.15, 0.2) is 0 Å². The molecule has 1 amide bonds. The third-order valence-electron chi connectivity index (χ3n) is 3.20. The molecule has 4 nitrogen and oxygen atoms in total. The lowest BCUT2D eigenvalue weighted by Gasteiger charge is -2.14. The van der Waals surface area contributed by atoms with Crippen LogP contribution in [0.5, 0.6) is 0 Å². The number of benzene rings is 1. The molecular formula is C14H12ClN3O. The summed E-state index contributed by atoms with van der Waals surface area (Å²) < 4.78 is 0. The Morgan fingerprint density at radius 2 is 2.05 bits per heavy atom. The van der Waals surface area contributed by atoms with E-state index in [0.29, 0.717) is 24.5 Å². The van der Waals surface area contributed by atoms with Crippen LogP contribution in [0.3, 0.4) is 0 Å². The van der Waals surface area contributed by atoms with Crippen molar-refractivity contribution in [2.24, 2.45) is 0 Å². The first-order valence-electron chi connectivity index (χ1n) is 6.02. The van der Waals surface area contributed by atoms with Gasteiger partial charge in [-0.05, 0) is 17.7 Å². The maximum absolute atomic E-state index is 12.2. The summed E-state index contributed by atoms with van der Waals surface area (Å²) in [5.74, 6) is 0.0975. The van der Waals surface area contributed by atoms with Gasteiger partial charge in [0.1, 0.15) is 6.33 Å². The topological polar surface area (TPSA) is 46.1 Å². The summed E-state index contributed by atoms with van der Waals surface area (Å²) in [5, 5.41) is 0.681. The van der Waals surface area contributed by atoms with Gasteiger partial charge in [0.25, 0.3) is 0 Å². The van der Waals surface area contributed by atoms with Crippen LogP contribution in [-0.2, 0) is 24.3 Å². The van der Waals surface area contributed by atoms with Crippen LogP contribution in [0.15, 0.2) is 36.8 Å². The molecule has 0 fully saturated rings. The summed E-state index contributed by atoms with van der Waals surface area (Å²) >= 11 is 5.83. The number of halogens is 1. The molecule has 1 aliphatic rings. The van der Waals surface area contributed by atoms with Crippen molar-refractivity contribution in [2.45, 2.75) is 19.5 Å². The van der Waals surface area contributed by atoms with Gasteiger partial charge in [0.2, 0.25) is 5.91 Å². The summed E-state index contributed by atoms with van der Waals surface area (Å²) in [6, 6.07) is 7.36. The first-order valence-corrected chi connectivity index (χ1v) is 6.40. The first kappa shape index (κ1) is 12.1. The van der Waals surface area contributed by atoms with Crippen LogP contribution in [0.2, 0.25) is 5.02 Å². The number of carbonyl (C=O) groups is 1. The molecule has 0 saturated carbocycles. The average Bonchev–Trinajstić information content (AvgIpc) is 2.85. The Morgan fingerprint density at radius 1 is 1.26 bits per heavy atom. The predicted molar refractivity (Wildman–Crippen MR) is 71.4 cm³/mol. The molecule has 3 rings (SSSR count). The lowest BCUT2D eigenvalue weighted by molar-refractivity contribution is -0.131. The van der Waals surface area contributed by atoms with Crippen LogP contribution in [0.4, 0.5) is 0 Å². The molecule has 2 aromatic rings. The molecule has 5 heteroatoms. The molecular weight excluding hydrogens is 262 g/mol. The molecule has 0 atom stereocenters. The predicted octanol–water partition coefficient (Wildman–Crippen LogP) is 2.21. The molecule has 2 heterocycles. The van der Waals surface area contributed by atoms with Gasteiger partial charge >= 0.3 is 0 Å². The minimum Gasteiger partial charge on any atom is -0.332 e. The van der Waals surface area contributed by atoms with E-state index in [4.69, 9.17) is 11.6 Å². The van der Waals surface area contributed by atoms with Crippen molar-refractivity contribution < 1.29 is 4.79 Å². The minimum atomic E-state index is 0.0975. The van der Waals surface area contributed by atoms with Gasteiger partial charge in [0.05, 0.1) is 18.7 Å². The summed E-state index contributed by atoms with van der Waals surface area (Å²) in [5.41, 5.74) is 2.95. The van der Waals surface area contributed by atoms with E-state index in [1.807, 2.05) is 12.1 Å². The van der Waals surface area contributed by atoms with Gasteiger partial charge in [-0.3, -0.25) is 4.79 Å². The lowest BCUT2D eigenvalue weighted by atomic mass is 10.1. The molecule has 1 aromatic carbocycles. The molecule has 19 heavy (non-hydrogen) atoms. The fourth-order valence-corrected chi connectivity index (χ4v) is 2.29. The molecule has 1 aromatic heterocycles. The Labute approximate surface area is 116 Å². The Balaban J connectivity index is 1.68. The number of hydrogen-bond donors (Lipinski definition) is 0. The Kier molecular flexibility index (Phi) is 3.17. The second-order valence-electron chi connectivity index (χ2n) is 4.55. The summed E-state index contributed by atoms with van der Waals surface area (Å²) in [6.45, 7) is 1.17. The average molecular weight is 274 g/mol. The molecule has 0 aliphatic carbocycles. The number of nitrogens with zero attached hydrogens (tertiary/aromatic N) is 3. The van der Waals surface area contributed by atoms with Gasteiger partial charge in [-0.25, -0.2) is 9.97 Å². The third kappa shape index (κ3) is 2.58. The monoisotopic (exact) mass is 273 g/mol. The molecule has 0 N–H and O–H groups in total. The Bertz CT molecular complexity index is 587. The smallest absolute Gasteiger partial charge is 0.227 e. The molecule has 1 aliphatic heterocycles. The zero-order chi connectivity index (χ0) is 13.2. The third-order valence-corrected chi connectivity index (χ3v) is 3.46. The molecule has 0 bridgehead atoms. The van der Waals surface area contributed by atoms with Gasteiger partial charge < -0.3 is 4.90 Å². The normalized spacial score (nSPS) is 13.4. The summed E-state index contributed by atoms with van der Waals surface area (Å²) in [4.78, 5) is 22.2. The number of hydrogen-bond acceptors (Lipinski definition) is 3. The van der Waals surface area contributed by atoms with E-state index in [1.165, 1.54) is 6.33 Å². The zero-order valence-electron chi connectivity index (χ0n) is 10.2. The van der Waals surface area contributed by atoms with E-state index < -0.39 is 0 Å².